The lowest BCUT2D eigenvalue weighted by Crippen LogP contribution is -2.44. The van der Waals surface area contributed by atoms with Crippen molar-refractivity contribution in [1.29, 1.82) is 0 Å². The summed E-state index contributed by atoms with van der Waals surface area (Å²) in [5, 5.41) is 13.5. The summed E-state index contributed by atoms with van der Waals surface area (Å²) in [5.74, 6) is 0.460. The molecule has 3 amide bonds. The summed E-state index contributed by atoms with van der Waals surface area (Å²) in [6, 6.07) is 9.86. The van der Waals surface area contributed by atoms with Crippen LogP contribution in [0.3, 0.4) is 0 Å². The summed E-state index contributed by atoms with van der Waals surface area (Å²) in [4.78, 5) is 23.7. The summed E-state index contributed by atoms with van der Waals surface area (Å²) in [6.45, 7) is 2.10. The van der Waals surface area contributed by atoms with Crippen molar-refractivity contribution in [1.82, 2.24) is 20.8 Å². The first-order valence-electron chi connectivity index (χ1n) is 9.20. The monoisotopic (exact) mass is 388 g/mol. The van der Waals surface area contributed by atoms with Crippen LogP contribution in [0, 0.1) is 0 Å². The molecule has 0 aliphatic heterocycles. The van der Waals surface area contributed by atoms with Gasteiger partial charge in [-0.3, -0.25) is 10.1 Å². The summed E-state index contributed by atoms with van der Waals surface area (Å²) in [5.41, 5.74) is 1.21. The molecule has 1 heterocycles. The molecule has 1 unspecified atom stereocenters. The highest BCUT2D eigenvalue weighted by Crippen LogP contribution is 2.22. The molecule has 3 rings (SSSR count). The van der Waals surface area contributed by atoms with Crippen LogP contribution in [0.25, 0.3) is 0 Å². The lowest BCUT2D eigenvalue weighted by molar-refractivity contribution is -0.117. The second-order valence-electron chi connectivity index (χ2n) is 6.77. The van der Waals surface area contributed by atoms with E-state index in [9.17, 15) is 9.59 Å². The van der Waals surface area contributed by atoms with Gasteiger partial charge in [-0.25, -0.2) is 4.79 Å². The Morgan fingerprint density at radius 1 is 1.22 bits per heavy atom. The minimum Gasteiger partial charge on any atom is -0.416 e. The van der Waals surface area contributed by atoms with Crippen molar-refractivity contribution in [3.8, 4) is 0 Å². The van der Waals surface area contributed by atoms with Gasteiger partial charge < -0.3 is 9.73 Å². The van der Waals surface area contributed by atoms with Gasteiger partial charge in [0.05, 0.1) is 5.75 Å². The van der Waals surface area contributed by atoms with E-state index in [0.717, 1.165) is 37.4 Å². The number of benzene rings is 1. The third kappa shape index (κ3) is 6.09. The maximum atomic E-state index is 11.9. The molecule has 1 fully saturated rings. The Kier molecular flexibility index (Phi) is 6.86. The number of urea groups is 1. The molecule has 8 heteroatoms. The molecule has 1 aliphatic carbocycles. The minimum atomic E-state index is -0.435. The van der Waals surface area contributed by atoms with E-state index in [1.54, 1.807) is 0 Å². The summed E-state index contributed by atoms with van der Waals surface area (Å²) < 4.78 is 5.60. The van der Waals surface area contributed by atoms with Gasteiger partial charge >= 0.3 is 6.03 Å². The molecule has 7 nitrogen and oxygen atoms in total. The Labute approximate surface area is 162 Å². The number of hydrogen-bond donors (Lipinski definition) is 2. The van der Waals surface area contributed by atoms with Crippen LogP contribution in [-0.2, 0) is 11.2 Å². The Morgan fingerprint density at radius 2 is 1.96 bits per heavy atom. The van der Waals surface area contributed by atoms with E-state index in [1.165, 1.54) is 5.56 Å². The number of nitrogens with one attached hydrogen (secondary N) is 2. The molecule has 1 aromatic heterocycles. The second-order valence-corrected chi connectivity index (χ2v) is 7.70. The van der Waals surface area contributed by atoms with Crippen LogP contribution < -0.4 is 10.6 Å². The topological polar surface area (TPSA) is 97.1 Å². The molecule has 27 heavy (non-hydrogen) atoms. The minimum absolute atomic E-state index is 0.0496. The zero-order valence-electron chi connectivity index (χ0n) is 15.3. The molecule has 2 aromatic rings. The highest BCUT2D eigenvalue weighted by molar-refractivity contribution is 7.99. The fraction of sp³-hybridized carbons (Fsp3) is 0.474. The van der Waals surface area contributed by atoms with Gasteiger partial charge in [0.25, 0.3) is 5.22 Å². The molecule has 0 bridgehead atoms. The number of carbonyl (C=O) groups is 2. The molecule has 0 radical (unpaired) electrons. The van der Waals surface area contributed by atoms with E-state index < -0.39 is 6.03 Å². The van der Waals surface area contributed by atoms with Crippen LogP contribution in [0.2, 0.25) is 0 Å². The van der Waals surface area contributed by atoms with E-state index in [4.69, 9.17) is 4.42 Å². The first kappa shape index (κ1) is 19.4. The van der Waals surface area contributed by atoms with Gasteiger partial charge in [-0.2, -0.15) is 0 Å². The van der Waals surface area contributed by atoms with Crippen molar-refractivity contribution in [2.75, 3.05) is 5.75 Å². The van der Waals surface area contributed by atoms with E-state index in [2.05, 4.69) is 39.9 Å². The molecular formula is C19H24N4O3S. The fourth-order valence-corrected chi connectivity index (χ4v) is 3.70. The number of hydrogen-bond acceptors (Lipinski definition) is 6. The zero-order chi connectivity index (χ0) is 19.1. The average Bonchev–Trinajstić information content (AvgIpc) is 3.32. The summed E-state index contributed by atoms with van der Waals surface area (Å²) >= 11 is 1.12. The van der Waals surface area contributed by atoms with E-state index in [1.807, 2.05) is 18.2 Å². The van der Waals surface area contributed by atoms with Gasteiger partial charge in [-0.1, -0.05) is 61.9 Å². The average molecular weight is 388 g/mol. The number of amides is 3. The van der Waals surface area contributed by atoms with Gasteiger partial charge in [0, 0.05) is 12.5 Å². The van der Waals surface area contributed by atoms with Crippen molar-refractivity contribution in [3.63, 3.8) is 0 Å². The van der Waals surface area contributed by atoms with Gasteiger partial charge in [0.2, 0.25) is 11.8 Å². The van der Waals surface area contributed by atoms with Crippen molar-refractivity contribution >= 4 is 23.7 Å². The van der Waals surface area contributed by atoms with Gasteiger partial charge in [-0.05, 0) is 24.3 Å². The molecule has 1 aromatic carbocycles. The highest BCUT2D eigenvalue weighted by atomic mass is 32.2. The number of rotatable bonds is 7. The smallest absolute Gasteiger partial charge is 0.321 e. The summed E-state index contributed by atoms with van der Waals surface area (Å²) in [6.07, 6.45) is 4.83. The molecule has 0 spiro atoms. The molecule has 1 aliphatic rings. The van der Waals surface area contributed by atoms with Crippen LogP contribution in [0.4, 0.5) is 4.79 Å². The van der Waals surface area contributed by atoms with Gasteiger partial charge in [0.15, 0.2) is 0 Å². The van der Waals surface area contributed by atoms with Gasteiger partial charge in [0.1, 0.15) is 0 Å². The Hall–Kier alpha value is -2.35. The van der Waals surface area contributed by atoms with Crippen molar-refractivity contribution in [2.45, 2.75) is 56.2 Å². The molecular weight excluding hydrogens is 364 g/mol. The SMILES string of the molecule is CC(Cc1nnc(SCC(=O)NC(=O)NC2CCCC2)o1)c1ccccc1. The Balaban J connectivity index is 1.41. The van der Waals surface area contributed by atoms with Gasteiger partial charge in [-0.15, -0.1) is 10.2 Å². The van der Waals surface area contributed by atoms with E-state index >= 15 is 0 Å². The van der Waals surface area contributed by atoms with Crippen LogP contribution in [0.15, 0.2) is 40.0 Å². The van der Waals surface area contributed by atoms with E-state index in [-0.39, 0.29) is 23.6 Å². The summed E-state index contributed by atoms with van der Waals surface area (Å²) in [7, 11) is 0. The third-order valence-electron chi connectivity index (χ3n) is 4.57. The lowest BCUT2D eigenvalue weighted by Gasteiger charge is -2.11. The lowest BCUT2D eigenvalue weighted by atomic mass is 9.98. The Morgan fingerprint density at radius 3 is 2.70 bits per heavy atom. The maximum Gasteiger partial charge on any atom is 0.321 e. The third-order valence-corrected chi connectivity index (χ3v) is 5.39. The van der Waals surface area contributed by atoms with Crippen molar-refractivity contribution in [3.05, 3.63) is 41.8 Å². The molecule has 144 valence electrons. The number of nitrogens with zero attached hydrogens (tertiary/aromatic N) is 2. The van der Waals surface area contributed by atoms with Crippen molar-refractivity contribution in [2.24, 2.45) is 0 Å². The molecule has 1 saturated carbocycles. The highest BCUT2D eigenvalue weighted by Gasteiger charge is 2.19. The van der Waals surface area contributed by atoms with Crippen LogP contribution in [-0.4, -0.2) is 33.9 Å². The van der Waals surface area contributed by atoms with Crippen molar-refractivity contribution < 1.29 is 14.0 Å². The number of aromatic nitrogens is 2. The molecule has 0 saturated heterocycles. The normalized spacial score (nSPS) is 15.4. The molecule has 1 atom stereocenters. The number of thioether (sulfide) groups is 1. The number of carbonyl (C=O) groups excluding carboxylic acids is 2. The number of imide groups is 1. The predicted octanol–water partition coefficient (Wildman–Crippen LogP) is 3.28. The fourth-order valence-electron chi connectivity index (χ4n) is 3.12. The largest absolute Gasteiger partial charge is 0.416 e. The predicted molar refractivity (Wildman–Crippen MR) is 103 cm³/mol. The Bertz CT molecular complexity index is 759. The van der Waals surface area contributed by atoms with E-state index in [0.29, 0.717) is 17.5 Å². The van der Waals surface area contributed by atoms with Crippen LogP contribution in [0.5, 0.6) is 0 Å². The zero-order valence-corrected chi connectivity index (χ0v) is 16.1. The quantitative estimate of drug-likeness (QED) is 0.707. The van der Waals surface area contributed by atoms with Crippen LogP contribution >= 0.6 is 11.8 Å². The first-order chi connectivity index (χ1) is 13.1. The molecule has 2 N–H and O–H groups in total. The first-order valence-corrected chi connectivity index (χ1v) is 10.2. The maximum absolute atomic E-state index is 11.9. The standard InChI is InChI=1S/C19H24N4O3S/c1-13(14-7-3-2-4-8-14)11-17-22-23-19(26-17)27-12-16(24)21-18(25)20-15-9-5-6-10-15/h2-4,7-8,13,15H,5-6,9-12H2,1H3,(H2,20,21,24,25). The van der Waals surface area contributed by atoms with Crippen LogP contribution in [0.1, 0.15) is 50.0 Å². The second kappa shape index (κ2) is 9.55.